The van der Waals surface area contributed by atoms with Gasteiger partial charge in [-0.3, -0.25) is 14.8 Å². The third-order valence-electron chi connectivity index (χ3n) is 3.01. The number of hydrazone groups is 1. The fraction of sp³-hybridized carbons (Fsp3) is 0.333. The molecule has 1 atom stereocenters. The van der Waals surface area contributed by atoms with Crippen molar-refractivity contribution in [2.75, 3.05) is 0 Å². The second kappa shape index (κ2) is 8.41. The zero-order valence-electron chi connectivity index (χ0n) is 12.7. The summed E-state index contributed by atoms with van der Waals surface area (Å²) < 4.78 is 0. The van der Waals surface area contributed by atoms with Gasteiger partial charge in [0.15, 0.2) is 6.04 Å². The first kappa shape index (κ1) is 18.0. The Kier molecular flexibility index (Phi) is 6.88. The van der Waals surface area contributed by atoms with E-state index in [1.54, 1.807) is 18.6 Å². The number of amides is 1. The monoisotopic (exact) mass is 321 g/mol. The zero-order chi connectivity index (χ0) is 15.2. The average Bonchev–Trinajstić information content (AvgIpc) is 2.46. The number of carbonyl (C=O) groups is 1. The second-order valence-corrected chi connectivity index (χ2v) is 5.37. The maximum absolute atomic E-state index is 11.8. The second-order valence-electron chi connectivity index (χ2n) is 5.37. The van der Waals surface area contributed by atoms with Gasteiger partial charge in [0.05, 0.1) is 17.2 Å². The highest BCUT2D eigenvalue weighted by Crippen LogP contribution is 2.09. The van der Waals surface area contributed by atoms with Crippen molar-refractivity contribution in [3.05, 3.63) is 36.2 Å². The molecule has 1 aromatic carbocycles. The van der Waals surface area contributed by atoms with Gasteiger partial charge in [-0.05, 0) is 23.6 Å². The largest absolute Gasteiger partial charge is 1.00 e. The highest BCUT2D eigenvalue weighted by Gasteiger charge is 2.17. The number of fused-ring (bicyclic) bond motifs is 1. The van der Waals surface area contributed by atoms with Crippen molar-refractivity contribution in [1.82, 2.24) is 15.4 Å². The summed E-state index contributed by atoms with van der Waals surface area (Å²) in [7, 11) is 0. The number of benzene rings is 1. The number of hydrogen-bond acceptors (Lipinski definition) is 4. The number of quaternary nitrogens is 1. The minimum absolute atomic E-state index is 0. The van der Waals surface area contributed by atoms with Crippen LogP contribution in [0.3, 0.4) is 0 Å². The van der Waals surface area contributed by atoms with E-state index in [9.17, 15) is 4.79 Å². The molecule has 0 bridgehead atoms. The number of rotatable bonds is 5. The molecule has 0 aliphatic rings. The minimum atomic E-state index is -0.287. The van der Waals surface area contributed by atoms with Gasteiger partial charge in [-0.1, -0.05) is 19.9 Å². The number of hydrogen-bond donors (Lipinski definition) is 2. The number of nitrogens with one attached hydrogen (secondary N) is 1. The minimum Gasteiger partial charge on any atom is -1.00 e. The summed E-state index contributed by atoms with van der Waals surface area (Å²) in [5.74, 6) is 0.266. The summed E-state index contributed by atoms with van der Waals surface area (Å²) in [6.07, 6.45) is 5.63. The summed E-state index contributed by atoms with van der Waals surface area (Å²) in [4.78, 5) is 20.2. The van der Waals surface area contributed by atoms with E-state index in [1.807, 2.05) is 18.2 Å². The van der Waals surface area contributed by atoms with Crippen molar-refractivity contribution in [2.45, 2.75) is 26.3 Å². The fourth-order valence-corrected chi connectivity index (χ4v) is 2.00. The maximum Gasteiger partial charge on any atom is 0.298 e. The van der Waals surface area contributed by atoms with Crippen molar-refractivity contribution in [3.63, 3.8) is 0 Å². The van der Waals surface area contributed by atoms with Crippen LogP contribution in [0.25, 0.3) is 11.0 Å². The van der Waals surface area contributed by atoms with Crippen LogP contribution < -0.4 is 23.6 Å². The van der Waals surface area contributed by atoms with Crippen LogP contribution in [0.5, 0.6) is 0 Å². The normalized spacial score (nSPS) is 12.4. The van der Waals surface area contributed by atoms with Crippen LogP contribution in [0.1, 0.15) is 25.8 Å². The first-order valence-corrected chi connectivity index (χ1v) is 6.93. The van der Waals surface area contributed by atoms with E-state index >= 15 is 0 Å². The molecule has 0 saturated heterocycles. The molecule has 2 aromatic rings. The molecule has 1 heterocycles. The van der Waals surface area contributed by atoms with Crippen LogP contribution in [-0.2, 0) is 4.79 Å². The van der Waals surface area contributed by atoms with Crippen molar-refractivity contribution < 1.29 is 22.9 Å². The van der Waals surface area contributed by atoms with E-state index in [4.69, 9.17) is 0 Å². The predicted octanol–water partition coefficient (Wildman–Crippen LogP) is -2.26. The molecular formula is C15H20ClN5O. The molecule has 0 radical (unpaired) electrons. The lowest BCUT2D eigenvalue weighted by molar-refractivity contribution is -0.406. The van der Waals surface area contributed by atoms with Crippen molar-refractivity contribution in [2.24, 2.45) is 11.0 Å². The quantitative estimate of drug-likeness (QED) is 0.481. The molecule has 0 spiro atoms. The number of carbonyl (C=O) groups excluding carboxylic acids is 1. The standard InChI is InChI=1S/C15H19N5O.ClH/c1-10(2)7-12(16)15(21)20-19-9-11-3-4-13-14(8-11)18-6-5-17-13;/h3-6,8-10,12H,7,16H2,1-2H3,(H,20,21);1H/t12-;/m1./s1. The van der Waals surface area contributed by atoms with Gasteiger partial charge in [-0.2, -0.15) is 5.10 Å². The van der Waals surface area contributed by atoms with Gasteiger partial charge in [0.1, 0.15) is 0 Å². The molecule has 0 aliphatic heterocycles. The van der Waals surface area contributed by atoms with Crippen molar-refractivity contribution in [1.29, 1.82) is 0 Å². The highest BCUT2D eigenvalue weighted by atomic mass is 35.5. The van der Waals surface area contributed by atoms with Gasteiger partial charge in [-0.15, -0.1) is 0 Å². The molecule has 0 fully saturated rings. The lowest BCUT2D eigenvalue weighted by atomic mass is 10.0. The molecule has 22 heavy (non-hydrogen) atoms. The molecule has 118 valence electrons. The number of halogens is 1. The van der Waals surface area contributed by atoms with Gasteiger partial charge >= 0.3 is 0 Å². The molecule has 1 amide bonds. The molecule has 6 nitrogen and oxygen atoms in total. The summed E-state index contributed by atoms with van der Waals surface area (Å²) in [5, 5.41) is 3.96. The van der Waals surface area contributed by atoms with Crippen LogP contribution in [0.4, 0.5) is 0 Å². The van der Waals surface area contributed by atoms with Gasteiger partial charge < -0.3 is 18.1 Å². The maximum atomic E-state index is 11.8. The van der Waals surface area contributed by atoms with E-state index in [-0.39, 0.29) is 24.4 Å². The smallest absolute Gasteiger partial charge is 0.298 e. The third kappa shape index (κ3) is 5.05. The van der Waals surface area contributed by atoms with Crippen LogP contribution >= 0.6 is 0 Å². The Morgan fingerprint density at radius 2 is 2.00 bits per heavy atom. The van der Waals surface area contributed by atoms with E-state index in [1.165, 1.54) is 0 Å². The Morgan fingerprint density at radius 1 is 1.32 bits per heavy atom. The molecule has 2 rings (SSSR count). The Hall–Kier alpha value is -2.05. The van der Waals surface area contributed by atoms with Crippen molar-refractivity contribution >= 4 is 23.2 Å². The Morgan fingerprint density at radius 3 is 2.68 bits per heavy atom. The Labute approximate surface area is 135 Å². The van der Waals surface area contributed by atoms with Crippen LogP contribution in [0.15, 0.2) is 35.7 Å². The van der Waals surface area contributed by atoms with Gasteiger partial charge in [0.25, 0.3) is 5.91 Å². The van der Waals surface area contributed by atoms with E-state index in [0.29, 0.717) is 5.92 Å². The number of nitrogens with zero attached hydrogens (tertiary/aromatic N) is 3. The first-order valence-electron chi connectivity index (χ1n) is 6.93. The Balaban J connectivity index is 0.00000242. The van der Waals surface area contributed by atoms with Gasteiger partial charge in [0.2, 0.25) is 0 Å². The molecule has 0 unspecified atom stereocenters. The summed E-state index contributed by atoms with van der Waals surface area (Å²) in [6.45, 7) is 4.12. The van der Waals surface area contributed by atoms with E-state index in [2.05, 4.69) is 40.1 Å². The topological polar surface area (TPSA) is 94.9 Å². The molecule has 7 heteroatoms. The van der Waals surface area contributed by atoms with E-state index < -0.39 is 0 Å². The SMILES string of the molecule is CC(C)C[C@@H]([NH3+])C(=O)NN=Cc1ccc2nccnc2c1.[Cl-]. The molecular weight excluding hydrogens is 302 g/mol. The lowest BCUT2D eigenvalue weighted by Crippen LogP contribution is -3.00. The average molecular weight is 322 g/mol. The van der Waals surface area contributed by atoms with Crippen LogP contribution in [0.2, 0.25) is 0 Å². The van der Waals surface area contributed by atoms with Gasteiger partial charge in [-0.25, -0.2) is 5.43 Å². The Bertz CT molecular complexity index is 659. The zero-order valence-corrected chi connectivity index (χ0v) is 13.4. The summed E-state index contributed by atoms with van der Waals surface area (Å²) in [6, 6.07) is 5.33. The molecule has 0 aliphatic carbocycles. The summed E-state index contributed by atoms with van der Waals surface area (Å²) >= 11 is 0. The highest BCUT2D eigenvalue weighted by molar-refractivity contribution is 5.88. The lowest BCUT2D eigenvalue weighted by Gasteiger charge is -2.08. The van der Waals surface area contributed by atoms with E-state index in [0.717, 1.165) is 23.0 Å². The first-order chi connectivity index (χ1) is 10.1. The van der Waals surface area contributed by atoms with Gasteiger partial charge in [0, 0.05) is 18.8 Å². The molecule has 1 aromatic heterocycles. The predicted molar refractivity (Wildman–Crippen MR) is 81.4 cm³/mol. The van der Waals surface area contributed by atoms with Crippen LogP contribution in [0, 0.1) is 5.92 Å². The summed E-state index contributed by atoms with van der Waals surface area (Å²) in [5.41, 5.74) is 8.83. The number of aromatic nitrogens is 2. The third-order valence-corrected chi connectivity index (χ3v) is 3.01. The molecule has 4 N–H and O–H groups in total. The fourth-order valence-electron chi connectivity index (χ4n) is 2.00. The molecule has 0 saturated carbocycles. The van der Waals surface area contributed by atoms with Crippen molar-refractivity contribution in [3.8, 4) is 0 Å². The van der Waals surface area contributed by atoms with Crippen LogP contribution in [-0.4, -0.2) is 28.1 Å².